The van der Waals surface area contributed by atoms with Crippen molar-refractivity contribution in [2.45, 2.75) is 32.6 Å². The molecule has 4 heterocycles. The second-order valence-electron chi connectivity index (χ2n) is 8.06. The lowest BCUT2D eigenvalue weighted by molar-refractivity contribution is 0.0941. The zero-order chi connectivity index (χ0) is 20.8. The number of nitrogens with zero attached hydrogens (tertiary/aromatic N) is 6. The molecule has 0 unspecified atom stereocenters. The van der Waals surface area contributed by atoms with Crippen molar-refractivity contribution < 1.29 is 4.79 Å². The fraction of sp³-hybridized carbons (Fsp3) is 0.667. The Labute approximate surface area is 182 Å². The van der Waals surface area contributed by atoms with Crippen LogP contribution in [-0.2, 0) is 0 Å². The molecule has 0 aromatic carbocycles. The van der Waals surface area contributed by atoms with Gasteiger partial charge in [-0.15, -0.1) is 10.2 Å². The fourth-order valence-electron chi connectivity index (χ4n) is 4.18. The lowest BCUT2D eigenvalue weighted by Crippen LogP contribution is -2.46. The molecular weight excluding hydrogens is 398 g/mol. The smallest absolute Gasteiger partial charge is 0.268 e. The van der Waals surface area contributed by atoms with E-state index < -0.39 is 0 Å². The summed E-state index contributed by atoms with van der Waals surface area (Å²) in [5.41, 5.74) is 0.618. The van der Waals surface area contributed by atoms with Gasteiger partial charge in [-0.1, -0.05) is 18.3 Å². The first-order valence-corrected chi connectivity index (χ1v) is 12.1. The summed E-state index contributed by atoms with van der Waals surface area (Å²) in [7, 11) is 0. The van der Waals surface area contributed by atoms with Crippen LogP contribution < -0.4 is 10.2 Å². The summed E-state index contributed by atoms with van der Waals surface area (Å²) in [6, 6.07) is 3.74. The number of anilines is 1. The number of carbonyl (C=O) groups is 1. The maximum Gasteiger partial charge on any atom is 0.268 e. The zero-order valence-electron chi connectivity index (χ0n) is 17.9. The minimum Gasteiger partial charge on any atom is -0.351 e. The van der Waals surface area contributed by atoms with Crippen molar-refractivity contribution in [1.82, 2.24) is 29.9 Å². The van der Waals surface area contributed by atoms with Crippen LogP contribution in [0.2, 0.25) is 0 Å². The van der Waals surface area contributed by atoms with E-state index in [1.165, 1.54) is 19.3 Å². The number of nitrogens with one attached hydrogen (secondary N) is 1. The third-order valence-electron chi connectivity index (χ3n) is 6.07. The van der Waals surface area contributed by atoms with Crippen LogP contribution in [0.15, 0.2) is 18.3 Å². The average Bonchev–Trinajstić information content (AvgIpc) is 3.47. The van der Waals surface area contributed by atoms with Crippen molar-refractivity contribution in [3.8, 4) is 5.13 Å². The molecule has 30 heavy (non-hydrogen) atoms. The van der Waals surface area contributed by atoms with Gasteiger partial charge in [0.1, 0.15) is 5.69 Å². The molecule has 0 spiro atoms. The third-order valence-corrected chi connectivity index (χ3v) is 7.05. The molecule has 0 bridgehead atoms. The molecule has 2 aliphatic rings. The van der Waals surface area contributed by atoms with Crippen LogP contribution in [0.3, 0.4) is 0 Å². The van der Waals surface area contributed by atoms with Crippen LogP contribution in [0.1, 0.15) is 43.1 Å². The molecule has 1 amide bonds. The molecule has 1 N–H and O–H groups in total. The predicted octanol–water partition coefficient (Wildman–Crippen LogP) is 2.08. The highest BCUT2D eigenvalue weighted by molar-refractivity contribution is 7.17. The SMILES string of the molecule is CCN1CCN(CCCNC(=O)c2cccn2-c2nnc(N3CCCCC3)s2)CC1. The van der Waals surface area contributed by atoms with Gasteiger partial charge in [-0.05, 0) is 50.9 Å². The van der Waals surface area contributed by atoms with Crippen LogP contribution in [0.4, 0.5) is 5.13 Å². The van der Waals surface area contributed by atoms with Crippen molar-refractivity contribution >= 4 is 22.4 Å². The van der Waals surface area contributed by atoms with Gasteiger partial charge in [0.15, 0.2) is 0 Å². The van der Waals surface area contributed by atoms with E-state index in [9.17, 15) is 4.79 Å². The Balaban J connectivity index is 1.27. The van der Waals surface area contributed by atoms with E-state index in [-0.39, 0.29) is 5.91 Å². The first kappa shape index (κ1) is 21.3. The van der Waals surface area contributed by atoms with Crippen LogP contribution >= 0.6 is 11.3 Å². The number of piperidine rings is 1. The number of rotatable bonds is 8. The molecule has 164 valence electrons. The lowest BCUT2D eigenvalue weighted by Gasteiger charge is -2.33. The lowest BCUT2D eigenvalue weighted by atomic mass is 10.1. The van der Waals surface area contributed by atoms with Crippen molar-refractivity contribution in [2.75, 3.05) is 63.8 Å². The molecule has 8 nitrogen and oxygen atoms in total. The van der Waals surface area contributed by atoms with E-state index in [0.717, 1.165) is 69.0 Å². The maximum atomic E-state index is 12.7. The summed E-state index contributed by atoms with van der Waals surface area (Å²) in [4.78, 5) is 20.0. The number of piperazine rings is 1. The molecule has 2 aliphatic heterocycles. The van der Waals surface area contributed by atoms with E-state index >= 15 is 0 Å². The minimum absolute atomic E-state index is 0.0504. The van der Waals surface area contributed by atoms with E-state index in [1.807, 2.05) is 22.9 Å². The maximum absolute atomic E-state index is 12.7. The van der Waals surface area contributed by atoms with E-state index in [4.69, 9.17) is 0 Å². The van der Waals surface area contributed by atoms with Crippen LogP contribution in [0.5, 0.6) is 0 Å². The molecule has 0 radical (unpaired) electrons. The van der Waals surface area contributed by atoms with Gasteiger partial charge in [0.25, 0.3) is 5.91 Å². The van der Waals surface area contributed by atoms with E-state index in [2.05, 4.69) is 37.1 Å². The second-order valence-corrected chi connectivity index (χ2v) is 9.00. The topological polar surface area (TPSA) is 69.5 Å². The van der Waals surface area contributed by atoms with Crippen LogP contribution in [0, 0.1) is 0 Å². The molecule has 0 aliphatic carbocycles. The summed E-state index contributed by atoms with van der Waals surface area (Å²) in [5, 5.41) is 13.5. The number of hydrogen-bond acceptors (Lipinski definition) is 7. The highest BCUT2D eigenvalue weighted by Gasteiger charge is 2.19. The van der Waals surface area contributed by atoms with Crippen LogP contribution in [-0.4, -0.2) is 89.4 Å². The number of likely N-dealkylation sites (N-methyl/N-ethyl adjacent to an activating group) is 1. The number of aromatic nitrogens is 3. The molecule has 2 fully saturated rings. The summed E-state index contributed by atoms with van der Waals surface area (Å²) < 4.78 is 1.85. The van der Waals surface area contributed by atoms with Gasteiger partial charge in [0.2, 0.25) is 10.3 Å². The third kappa shape index (κ3) is 5.19. The van der Waals surface area contributed by atoms with Crippen molar-refractivity contribution in [3.63, 3.8) is 0 Å². The highest BCUT2D eigenvalue weighted by atomic mass is 32.1. The fourth-order valence-corrected chi connectivity index (χ4v) is 5.07. The van der Waals surface area contributed by atoms with Crippen molar-refractivity contribution in [2.24, 2.45) is 0 Å². The van der Waals surface area contributed by atoms with Gasteiger partial charge in [0, 0.05) is 52.0 Å². The van der Waals surface area contributed by atoms with Gasteiger partial charge in [-0.25, -0.2) is 0 Å². The van der Waals surface area contributed by atoms with Gasteiger partial charge >= 0.3 is 0 Å². The first-order valence-electron chi connectivity index (χ1n) is 11.2. The molecule has 9 heteroatoms. The monoisotopic (exact) mass is 431 g/mol. The standard InChI is InChI=1S/C21H33N7OS/c1-2-25-14-16-26(17-15-25)10-7-9-22-19(29)18-8-6-13-28(18)21-24-23-20(30-21)27-11-4-3-5-12-27/h6,8,13H,2-5,7,9-12,14-17H2,1H3,(H,22,29). The van der Waals surface area contributed by atoms with Gasteiger partial charge in [0.05, 0.1) is 0 Å². The Kier molecular flexibility index (Phi) is 7.35. The first-order chi connectivity index (χ1) is 14.7. The van der Waals surface area contributed by atoms with Crippen molar-refractivity contribution in [1.29, 1.82) is 0 Å². The van der Waals surface area contributed by atoms with Crippen LogP contribution in [0.25, 0.3) is 5.13 Å². The Morgan fingerprint density at radius 2 is 1.77 bits per heavy atom. The Morgan fingerprint density at radius 1 is 1.03 bits per heavy atom. The summed E-state index contributed by atoms with van der Waals surface area (Å²) in [6.07, 6.45) is 6.57. The van der Waals surface area contributed by atoms with Gasteiger partial charge in [-0.3, -0.25) is 9.36 Å². The summed E-state index contributed by atoms with van der Waals surface area (Å²) in [5.74, 6) is -0.0504. The predicted molar refractivity (Wildman–Crippen MR) is 121 cm³/mol. The molecular formula is C21H33N7OS. The molecule has 4 rings (SSSR count). The second kappa shape index (κ2) is 10.4. The normalized spacial score (nSPS) is 18.6. The van der Waals surface area contributed by atoms with Gasteiger partial charge < -0.3 is 20.0 Å². The zero-order valence-corrected chi connectivity index (χ0v) is 18.7. The largest absolute Gasteiger partial charge is 0.351 e. The number of amides is 1. The average molecular weight is 432 g/mol. The molecule has 2 aromatic heterocycles. The number of carbonyl (C=O) groups excluding carboxylic acids is 1. The molecule has 2 saturated heterocycles. The Hall–Kier alpha value is -1.97. The van der Waals surface area contributed by atoms with Gasteiger partial charge in [-0.2, -0.15) is 0 Å². The quantitative estimate of drug-likeness (QED) is 0.646. The molecule has 0 saturated carbocycles. The molecule has 0 atom stereocenters. The molecule has 2 aromatic rings. The summed E-state index contributed by atoms with van der Waals surface area (Å²) in [6.45, 7) is 11.7. The van der Waals surface area contributed by atoms with E-state index in [0.29, 0.717) is 12.2 Å². The Morgan fingerprint density at radius 3 is 2.53 bits per heavy atom. The number of hydrogen-bond donors (Lipinski definition) is 1. The minimum atomic E-state index is -0.0504. The van der Waals surface area contributed by atoms with E-state index in [1.54, 1.807) is 11.3 Å². The highest BCUT2D eigenvalue weighted by Crippen LogP contribution is 2.26. The Bertz CT molecular complexity index is 806. The van der Waals surface area contributed by atoms with Crippen molar-refractivity contribution in [3.05, 3.63) is 24.0 Å². The summed E-state index contributed by atoms with van der Waals surface area (Å²) >= 11 is 1.55.